The smallest absolute Gasteiger partial charge is 0.269 e. The third-order valence-corrected chi connectivity index (χ3v) is 5.15. The second kappa shape index (κ2) is 5.37. The van der Waals surface area contributed by atoms with Crippen molar-refractivity contribution in [2.75, 3.05) is 0 Å². The van der Waals surface area contributed by atoms with Gasteiger partial charge in [0.1, 0.15) is 5.82 Å². The summed E-state index contributed by atoms with van der Waals surface area (Å²) in [5.41, 5.74) is 8.55. The number of amides is 1. The molecular formula is C19H21N5O. The van der Waals surface area contributed by atoms with Gasteiger partial charge < -0.3 is 5.73 Å². The summed E-state index contributed by atoms with van der Waals surface area (Å²) in [5, 5.41) is 5.36. The molecule has 2 heterocycles. The Morgan fingerprint density at radius 2 is 1.88 bits per heavy atom. The third kappa shape index (κ3) is 2.58. The number of benzene rings is 1. The number of nitrogens with zero attached hydrogens (tertiary/aromatic N) is 4. The van der Waals surface area contributed by atoms with Gasteiger partial charge in [0.15, 0.2) is 5.69 Å². The molecule has 0 atom stereocenters. The van der Waals surface area contributed by atoms with E-state index in [9.17, 15) is 4.79 Å². The van der Waals surface area contributed by atoms with Crippen LogP contribution >= 0.6 is 0 Å². The maximum Gasteiger partial charge on any atom is 0.269 e. The molecule has 1 amide bonds. The van der Waals surface area contributed by atoms with E-state index in [0.29, 0.717) is 11.6 Å². The first-order valence-corrected chi connectivity index (χ1v) is 8.50. The van der Waals surface area contributed by atoms with E-state index in [4.69, 9.17) is 5.73 Å². The Morgan fingerprint density at radius 1 is 1.20 bits per heavy atom. The highest BCUT2D eigenvalue weighted by Crippen LogP contribution is 2.45. The Hall–Kier alpha value is -2.76. The number of aromatic nitrogens is 4. The SMILES string of the molecule is Cc1ncc(-c2ccc3c(c2)c(C(N)=O)nn3C(C)(C)C2CC2)cn1. The van der Waals surface area contributed by atoms with Gasteiger partial charge in [-0.2, -0.15) is 5.10 Å². The monoisotopic (exact) mass is 335 g/mol. The number of nitrogens with two attached hydrogens (primary N) is 1. The van der Waals surface area contributed by atoms with E-state index in [2.05, 4.69) is 28.9 Å². The summed E-state index contributed by atoms with van der Waals surface area (Å²) in [5.74, 6) is 0.802. The fourth-order valence-corrected chi connectivity index (χ4v) is 3.42. The maximum absolute atomic E-state index is 12.0. The molecule has 1 aromatic carbocycles. The second-order valence-electron chi connectivity index (χ2n) is 7.30. The largest absolute Gasteiger partial charge is 0.364 e. The van der Waals surface area contributed by atoms with Crippen molar-refractivity contribution < 1.29 is 4.79 Å². The predicted molar refractivity (Wildman–Crippen MR) is 96.1 cm³/mol. The molecule has 0 aliphatic heterocycles. The van der Waals surface area contributed by atoms with Gasteiger partial charge in [-0.1, -0.05) is 6.07 Å². The van der Waals surface area contributed by atoms with E-state index in [1.165, 1.54) is 12.8 Å². The van der Waals surface area contributed by atoms with Crippen LogP contribution in [0, 0.1) is 12.8 Å². The van der Waals surface area contributed by atoms with Crippen molar-refractivity contribution in [2.45, 2.75) is 39.2 Å². The van der Waals surface area contributed by atoms with Gasteiger partial charge in [-0.05, 0) is 57.2 Å². The minimum Gasteiger partial charge on any atom is -0.364 e. The molecule has 2 N–H and O–H groups in total. The molecule has 6 nitrogen and oxygen atoms in total. The molecule has 1 saturated carbocycles. The van der Waals surface area contributed by atoms with Gasteiger partial charge in [0.2, 0.25) is 0 Å². The van der Waals surface area contributed by atoms with Crippen molar-refractivity contribution in [3.8, 4) is 11.1 Å². The van der Waals surface area contributed by atoms with Crippen LogP contribution in [0.15, 0.2) is 30.6 Å². The van der Waals surface area contributed by atoms with E-state index in [1.807, 2.05) is 29.8 Å². The summed E-state index contributed by atoms with van der Waals surface area (Å²) in [6.45, 7) is 6.19. The summed E-state index contributed by atoms with van der Waals surface area (Å²) < 4.78 is 1.97. The van der Waals surface area contributed by atoms with Gasteiger partial charge in [0, 0.05) is 23.3 Å². The topological polar surface area (TPSA) is 86.7 Å². The fraction of sp³-hybridized carbons (Fsp3) is 0.368. The number of rotatable bonds is 4. The van der Waals surface area contributed by atoms with Crippen molar-refractivity contribution in [1.29, 1.82) is 0 Å². The van der Waals surface area contributed by atoms with Gasteiger partial charge in [-0.3, -0.25) is 9.48 Å². The predicted octanol–water partition coefficient (Wildman–Crippen LogP) is 3.05. The van der Waals surface area contributed by atoms with Crippen LogP contribution in [-0.4, -0.2) is 25.7 Å². The van der Waals surface area contributed by atoms with Crippen LogP contribution in [0.4, 0.5) is 0 Å². The zero-order valence-electron chi connectivity index (χ0n) is 14.7. The van der Waals surface area contributed by atoms with E-state index in [0.717, 1.165) is 27.9 Å². The lowest BCUT2D eigenvalue weighted by atomic mass is 9.98. The molecule has 6 heteroatoms. The first-order valence-electron chi connectivity index (χ1n) is 8.50. The van der Waals surface area contributed by atoms with Crippen LogP contribution in [0.2, 0.25) is 0 Å². The van der Waals surface area contributed by atoms with Crippen LogP contribution in [0.3, 0.4) is 0 Å². The Kier molecular flexibility index (Phi) is 3.39. The molecule has 0 unspecified atom stereocenters. The van der Waals surface area contributed by atoms with Gasteiger partial charge in [0.05, 0.1) is 11.1 Å². The number of hydrogen-bond acceptors (Lipinski definition) is 4. The number of primary amides is 1. The quantitative estimate of drug-likeness (QED) is 0.794. The summed E-state index contributed by atoms with van der Waals surface area (Å²) in [6, 6.07) is 5.98. The average Bonchev–Trinajstić information content (AvgIpc) is 3.36. The lowest BCUT2D eigenvalue weighted by Gasteiger charge is -2.26. The van der Waals surface area contributed by atoms with Gasteiger partial charge in [0.25, 0.3) is 5.91 Å². The molecule has 128 valence electrons. The van der Waals surface area contributed by atoms with Crippen molar-refractivity contribution >= 4 is 16.8 Å². The molecule has 1 fully saturated rings. The van der Waals surface area contributed by atoms with Crippen molar-refractivity contribution in [2.24, 2.45) is 11.7 Å². The number of carbonyl (C=O) groups is 1. The first kappa shape index (κ1) is 15.7. The third-order valence-electron chi connectivity index (χ3n) is 5.15. The van der Waals surface area contributed by atoms with Crippen molar-refractivity contribution in [1.82, 2.24) is 19.7 Å². The zero-order valence-corrected chi connectivity index (χ0v) is 14.7. The number of hydrogen-bond donors (Lipinski definition) is 1. The van der Waals surface area contributed by atoms with Crippen molar-refractivity contribution in [3.63, 3.8) is 0 Å². The maximum atomic E-state index is 12.0. The summed E-state index contributed by atoms with van der Waals surface area (Å²) in [4.78, 5) is 20.4. The van der Waals surface area contributed by atoms with E-state index in [1.54, 1.807) is 12.4 Å². The van der Waals surface area contributed by atoms with Crippen LogP contribution in [0.25, 0.3) is 22.0 Å². The van der Waals surface area contributed by atoms with Crippen LogP contribution < -0.4 is 5.73 Å². The highest BCUT2D eigenvalue weighted by atomic mass is 16.1. The summed E-state index contributed by atoms with van der Waals surface area (Å²) in [6.07, 6.45) is 5.95. The zero-order chi connectivity index (χ0) is 17.8. The Balaban J connectivity index is 1.90. The molecule has 0 saturated heterocycles. The lowest BCUT2D eigenvalue weighted by molar-refractivity contribution is 0.0995. The molecule has 25 heavy (non-hydrogen) atoms. The Bertz CT molecular complexity index is 967. The standard InChI is InChI=1S/C19H21N5O/c1-11-21-9-13(10-22-11)12-4-7-16-15(8-12)17(18(20)25)23-24(16)19(2,3)14-5-6-14/h4,7-10,14H,5-6H2,1-3H3,(H2,20,25). The number of fused-ring (bicyclic) bond motifs is 1. The van der Waals surface area contributed by atoms with Gasteiger partial charge in [-0.25, -0.2) is 9.97 Å². The summed E-state index contributed by atoms with van der Waals surface area (Å²) >= 11 is 0. The Morgan fingerprint density at radius 3 is 2.48 bits per heavy atom. The van der Waals surface area contributed by atoms with Gasteiger partial charge >= 0.3 is 0 Å². The second-order valence-corrected chi connectivity index (χ2v) is 7.30. The molecule has 0 bridgehead atoms. The minimum absolute atomic E-state index is 0.138. The van der Waals surface area contributed by atoms with E-state index in [-0.39, 0.29) is 5.54 Å². The highest BCUT2D eigenvalue weighted by molar-refractivity contribution is 6.05. The molecule has 1 aliphatic carbocycles. The molecule has 1 aliphatic rings. The lowest BCUT2D eigenvalue weighted by Crippen LogP contribution is -2.30. The van der Waals surface area contributed by atoms with Crippen LogP contribution in [-0.2, 0) is 5.54 Å². The highest BCUT2D eigenvalue weighted by Gasteiger charge is 2.41. The Labute approximate surface area is 146 Å². The minimum atomic E-state index is -0.507. The molecule has 2 aromatic heterocycles. The molecule has 0 radical (unpaired) electrons. The number of carbonyl (C=O) groups excluding carboxylic acids is 1. The van der Waals surface area contributed by atoms with Crippen LogP contribution in [0.5, 0.6) is 0 Å². The fourth-order valence-electron chi connectivity index (χ4n) is 3.42. The average molecular weight is 335 g/mol. The molecule has 4 rings (SSSR count). The normalized spacial score (nSPS) is 14.8. The van der Waals surface area contributed by atoms with E-state index < -0.39 is 5.91 Å². The molecule has 3 aromatic rings. The molecule has 0 spiro atoms. The van der Waals surface area contributed by atoms with Crippen molar-refractivity contribution in [3.05, 3.63) is 42.1 Å². The van der Waals surface area contributed by atoms with Gasteiger partial charge in [-0.15, -0.1) is 0 Å². The summed E-state index contributed by atoms with van der Waals surface area (Å²) in [7, 11) is 0. The first-order chi connectivity index (χ1) is 11.9. The molecular weight excluding hydrogens is 314 g/mol. The number of aryl methyl sites for hydroxylation is 1. The van der Waals surface area contributed by atoms with E-state index >= 15 is 0 Å². The van der Waals surface area contributed by atoms with Crippen LogP contribution in [0.1, 0.15) is 43.0 Å².